The molecular formula is C6H11Br5Si2. The van der Waals surface area contributed by atoms with Crippen molar-refractivity contribution in [3.63, 3.8) is 0 Å². The van der Waals surface area contributed by atoms with Crippen molar-refractivity contribution in [2.45, 2.75) is 37.6 Å². The molecule has 0 radical (unpaired) electrons. The lowest BCUT2D eigenvalue weighted by Crippen LogP contribution is -2.45. The van der Waals surface area contributed by atoms with Crippen LogP contribution >= 0.6 is 76.5 Å². The fraction of sp³-hybridized carbons (Fsp3) is 1.00. The van der Waals surface area contributed by atoms with E-state index in [1.54, 1.807) is 0 Å². The third-order valence-electron chi connectivity index (χ3n) is 2.50. The van der Waals surface area contributed by atoms with Crippen molar-refractivity contribution in [1.82, 2.24) is 0 Å². The van der Waals surface area contributed by atoms with Gasteiger partial charge in [0, 0.05) is 0 Å². The van der Waals surface area contributed by atoms with Crippen LogP contribution in [0.4, 0.5) is 0 Å². The molecule has 0 nitrogen and oxygen atoms in total. The van der Waals surface area contributed by atoms with Gasteiger partial charge in [-0.05, 0) is 5.54 Å². The molecule has 1 saturated carbocycles. The van der Waals surface area contributed by atoms with Crippen LogP contribution < -0.4 is 0 Å². The zero-order valence-electron chi connectivity index (χ0n) is 7.00. The molecule has 1 aliphatic carbocycles. The SMILES string of the molecule is Br[Si](Br)(Br)[Si](Br)(Br)C1CCCCC1. The molecule has 1 rings (SSSR count). The molecule has 0 unspecified atom stereocenters. The van der Waals surface area contributed by atoms with Crippen LogP contribution in [0, 0.1) is 0 Å². The zero-order valence-corrected chi connectivity index (χ0v) is 16.9. The molecule has 78 valence electrons. The van der Waals surface area contributed by atoms with Gasteiger partial charge in [0.2, 0.25) is 4.83 Å². The number of hydrogen-bond acceptors (Lipinski definition) is 0. The van der Waals surface area contributed by atoms with E-state index in [1.165, 1.54) is 32.1 Å². The zero-order chi connectivity index (χ0) is 10.1. The van der Waals surface area contributed by atoms with Crippen LogP contribution in [-0.2, 0) is 0 Å². The third kappa shape index (κ3) is 3.66. The molecule has 0 N–H and O–H groups in total. The third-order valence-corrected chi connectivity index (χ3v) is 68.6. The van der Waals surface area contributed by atoms with E-state index in [0.717, 1.165) is 5.54 Å². The number of halogens is 5. The van der Waals surface area contributed by atoms with Crippen LogP contribution in [0.1, 0.15) is 32.1 Å². The van der Waals surface area contributed by atoms with Gasteiger partial charge < -0.3 is 0 Å². The topological polar surface area (TPSA) is 0 Å². The molecule has 1 aliphatic rings. The molecule has 0 aromatic carbocycles. The second-order valence-corrected chi connectivity index (χ2v) is 53.1. The van der Waals surface area contributed by atoms with Crippen molar-refractivity contribution in [2.24, 2.45) is 0 Å². The maximum Gasteiger partial charge on any atom is 0.279 e. The summed E-state index contributed by atoms with van der Waals surface area (Å²) in [4.78, 5) is -1.49. The average Bonchev–Trinajstić information content (AvgIpc) is 2.04. The van der Waals surface area contributed by atoms with Crippen molar-refractivity contribution >= 4 is 84.7 Å². The van der Waals surface area contributed by atoms with E-state index in [-0.39, 0.29) is 0 Å². The lowest BCUT2D eigenvalue weighted by Gasteiger charge is -2.35. The van der Waals surface area contributed by atoms with E-state index in [0.29, 0.717) is 0 Å². The van der Waals surface area contributed by atoms with Crippen molar-refractivity contribution in [1.29, 1.82) is 0 Å². The minimum Gasteiger partial charge on any atom is -0.111 e. The molecule has 0 saturated heterocycles. The van der Waals surface area contributed by atoms with Gasteiger partial charge in [-0.1, -0.05) is 78.0 Å². The molecule has 7 heteroatoms. The maximum atomic E-state index is 3.94. The first-order valence-electron chi connectivity index (χ1n) is 4.30. The summed E-state index contributed by atoms with van der Waals surface area (Å²) in [7, 11) is 0. The summed E-state index contributed by atoms with van der Waals surface area (Å²) in [5, 5.41) is 0. The summed E-state index contributed by atoms with van der Waals surface area (Å²) in [6, 6.07) is 0. The molecule has 0 bridgehead atoms. The summed E-state index contributed by atoms with van der Waals surface area (Å²) in [6.45, 7) is 0. The first kappa shape index (κ1) is 13.9. The maximum absolute atomic E-state index is 3.94. The first-order valence-corrected chi connectivity index (χ1v) is 20.7. The van der Waals surface area contributed by atoms with E-state index >= 15 is 0 Å². The van der Waals surface area contributed by atoms with Crippen molar-refractivity contribution < 1.29 is 0 Å². The monoisotopic (exact) mass is 534 g/mol. The number of rotatable bonds is 2. The smallest absolute Gasteiger partial charge is 0.111 e. The summed E-state index contributed by atoms with van der Waals surface area (Å²) in [5.74, 6) is 0. The Morgan fingerprint density at radius 2 is 1.23 bits per heavy atom. The van der Waals surface area contributed by atoms with Gasteiger partial charge in [-0.2, -0.15) is 0 Å². The van der Waals surface area contributed by atoms with Gasteiger partial charge >= 0.3 is 0 Å². The predicted molar refractivity (Wildman–Crippen MR) is 83.0 cm³/mol. The fourth-order valence-corrected chi connectivity index (χ4v) is 17.0. The Morgan fingerprint density at radius 3 is 1.62 bits per heavy atom. The minimum absolute atomic E-state index is 0.853. The highest BCUT2D eigenvalue weighted by molar-refractivity contribution is 9.81. The van der Waals surface area contributed by atoms with Gasteiger partial charge in [0.25, 0.3) is 3.45 Å². The lowest BCUT2D eigenvalue weighted by molar-refractivity contribution is 0.501. The normalized spacial score (nSPS) is 21.9. The van der Waals surface area contributed by atoms with Gasteiger partial charge in [0.15, 0.2) is 0 Å². The predicted octanol–water partition coefficient (Wildman–Crippen LogP) is 5.75. The molecular weight excluding hydrogens is 528 g/mol. The fourth-order valence-electron chi connectivity index (χ4n) is 1.70. The van der Waals surface area contributed by atoms with Gasteiger partial charge in [-0.15, -0.1) is 30.6 Å². The van der Waals surface area contributed by atoms with Crippen LogP contribution in [0.2, 0.25) is 5.54 Å². The average molecular weight is 539 g/mol. The van der Waals surface area contributed by atoms with Crippen LogP contribution in [0.3, 0.4) is 0 Å². The van der Waals surface area contributed by atoms with Gasteiger partial charge in [0.1, 0.15) is 0 Å². The van der Waals surface area contributed by atoms with E-state index < -0.39 is 8.28 Å². The molecule has 0 aromatic heterocycles. The molecule has 0 aromatic rings. The Hall–Kier alpha value is 2.83. The van der Waals surface area contributed by atoms with Crippen molar-refractivity contribution in [3.8, 4) is 0 Å². The quantitative estimate of drug-likeness (QED) is 0.310. The molecule has 0 aliphatic heterocycles. The van der Waals surface area contributed by atoms with Crippen LogP contribution in [0.25, 0.3) is 0 Å². The molecule has 0 spiro atoms. The highest BCUT2D eigenvalue weighted by Crippen LogP contribution is 2.54. The summed E-state index contributed by atoms with van der Waals surface area (Å²) in [6.07, 6.45) is 6.96. The minimum atomic E-state index is -1.56. The Morgan fingerprint density at radius 1 is 0.769 bits per heavy atom. The lowest BCUT2D eigenvalue weighted by atomic mass is 10.0. The molecule has 0 amide bonds. The van der Waals surface area contributed by atoms with Crippen molar-refractivity contribution in [3.05, 3.63) is 0 Å². The largest absolute Gasteiger partial charge is 0.279 e. The van der Waals surface area contributed by atoms with Crippen LogP contribution in [0.15, 0.2) is 0 Å². The van der Waals surface area contributed by atoms with Gasteiger partial charge in [0.05, 0.1) is 0 Å². The summed E-state index contributed by atoms with van der Waals surface area (Å²) >= 11 is 19.2. The first-order chi connectivity index (χ1) is 5.86. The highest BCUT2D eigenvalue weighted by Gasteiger charge is 2.53. The van der Waals surface area contributed by atoms with Crippen LogP contribution in [-0.4, -0.2) is 8.28 Å². The Balaban J connectivity index is 2.67. The Labute approximate surface area is 121 Å². The molecule has 13 heavy (non-hydrogen) atoms. The van der Waals surface area contributed by atoms with E-state index in [9.17, 15) is 0 Å². The Kier molecular flexibility index (Phi) is 5.82. The van der Waals surface area contributed by atoms with E-state index in [4.69, 9.17) is 0 Å². The summed E-state index contributed by atoms with van der Waals surface area (Å²) in [5.41, 5.74) is 0.853. The Bertz CT molecular complexity index is 172. The highest BCUT2D eigenvalue weighted by atomic mass is 80.0. The van der Waals surface area contributed by atoms with Crippen LogP contribution in [0.5, 0.6) is 0 Å². The summed E-state index contributed by atoms with van der Waals surface area (Å²) < 4.78 is -1.56. The second kappa shape index (κ2) is 5.44. The van der Waals surface area contributed by atoms with E-state index in [2.05, 4.69) is 76.5 Å². The van der Waals surface area contributed by atoms with Crippen molar-refractivity contribution in [2.75, 3.05) is 0 Å². The van der Waals surface area contributed by atoms with Gasteiger partial charge in [-0.3, -0.25) is 0 Å². The number of hydrogen-bond donors (Lipinski definition) is 0. The molecule has 0 heterocycles. The van der Waals surface area contributed by atoms with E-state index in [1.807, 2.05) is 0 Å². The molecule has 1 fully saturated rings. The second-order valence-electron chi connectivity index (χ2n) is 3.46. The standard InChI is InChI=1S/C6H11Br5Si2/c7-12(8,13(9,10)11)6-4-2-1-3-5-6/h6H,1-5H2. The molecule has 0 atom stereocenters. The van der Waals surface area contributed by atoms with Gasteiger partial charge in [-0.25, -0.2) is 0 Å².